The van der Waals surface area contributed by atoms with Crippen LogP contribution in [0.3, 0.4) is 0 Å². The van der Waals surface area contributed by atoms with Crippen LogP contribution in [-0.4, -0.2) is 0 Å². The van der Waals surface area contributed by atoms with Gasteiger partial charge in [0.15, 0.2) is 0 Å². The fourth-order valence-corrected chi connectivity index (χ4v) is 10.3. The normalized spacial score (nSPS) is 13.9. The van der Waals surface area contributed by atoms with E-state index in [-0.39, 0.29) is 5.41 Å². The average Bonchev–Trinajstić information content (AvgIpc) is 3.93. The van der Waals surface area contributed by atoms with Crippen LogP contribution in [0.15, 0.2) is 236 Å². The highest BCUT2D eigenvalue weighted by molar-refractivity contribution is 6.10. The highest BCUT2D eigenvalue weighted by Gasteiger charge is 2.38. The van der Waals surface area contributed by atoms with Gasteiger partial charge in [-0.25, -0.2) is 0 Å². The Kier molecular flexibility index (Phi) is 10.3. The average molecular weight is 834 g/mol. The Hall–Kier alpha value is -7.74. The number of rotatable bonds is 10. The van der Waals surface area contributed by atoms with E-state index in [0.717, 1.165) is 24.2 Å². The number of hydrogen-bond acceptors (Lipinski definition) is 1. The van der Waals surface area contributed by atoms with Crippen molar-refractivity contribution in [3.63, 3.8) is 0 Å². The van der Waals surface area contributed by atoms with Crippen LogP contribution in [0.4, 0.5) is 17.1 Å². The third-order valence-electron chi connectivity index (χ3n) is 13.7. The second-order valence-corrected chi connectivity index (χ2v) is 18.2. The molecule has 0 bridgehead atoms. The molecule has 0 unspecified atom stereocenters. The van der Waals surface area contributed by atoms with Crippen molar-refractivity contribution < 1.29 is 0 Å². The summed E-state index contributed by atoms with van der Waals surface area (Å²) < 4.78 is 0. The van der Waals surface area contributed by atoms with E-state index < -0.39 is 0 Å². The monoisotopic (exact) mass is 833 g/mol. The van der Waals surface area contributed by atoms with Crippen molar-refractivity contribution in [1.29, 1.82) is 0 Å². The number of para-hydroxylation sites is 1. The fourth-order valence-electron chi connectivity index (χ4n) is 10.3. The summed E-state index contributed by atoms with van der Waals surface area (Å²) in [5.41, 5.74) is 22.8. The molecule has 1 heteroatoms. The summed E-state index contributed by atoms with van der Waals surface area (Å²) >= 11 is 0. The van der Waals surface area contributed by atoms with E-state index >= 15 is 0 Å². The molecule has 0 saturated heterocycles. The van der Waals surface area contributed by atoms with Crippen molar-refractivity contribution in [3.8, 4) is 33.4 Å². The summed E-state index contributed by atoms with van der Waals surface area (Å²) in [6.07, 6.45) is 8.94. The van der Waals surface area contributed by atoms with Gasteiger partial charge in [0.2, 0.25) is 0 Å². The van der Waals surface area contributed by atoms with E-state index in [4.69, 9.17) is 0 Å². The number of anilines is 3. The van der Waals surface area contributed by atoms with Crippen molar-refractivity contribution in [1.82, 2.24) is 0 Å². The van der Waals surface area contributed by atoms with Crippen LogP contribution >= 0.6 is 0 Å². The van der Waals surface area contributed by atoms with E-state index in [1.54, 1.807) is 0 Å². The predicted octanol–water partition coefficient (Wildman–Crippen LogP) is 17.3. The molecule has 0 aliphatic heterocycles. The van der Waals surface area contributed by atoms with Crippen molar-refractivity contribution in [2.75, 3.05) is 4.90 Å². The first-order valence-corrected chi connectivity index (χ1v) is 22.9. The zero-order chi connectivity index (χ0) is 43.9. The standard InChI is InChI=1S/C64H51N/c1-44-18-13-14-27-56(44)52-36-35-51(41-52)53(38-45-30-33-49(34-31-45)47-19-7-4-8-20-47)39-46-32-37-59-60(40-46)64(2,3)61-43-62(57-28-15-16-29-58(57)63(59)61)65(54-24-11-6-12-25-54)55-26-17-23-50(42-55)48-21-9-5-10-22-48/h4-37,39-40,42-43H,38,41H2,1-3H3/b53-39-. The minimum absolute atomic E-state index is 0.249. The summed E-state index contributed by atoms with van der Waals surface area (Å²) in [5, 5.41) is 2.51. The zero-order valence-corrected chi connectivity index (χ0v) is 37.3. The van der Waals surface area contributed by atoms with Gasteiger partial charge < -0.3 is 4.90 Å². The Morgan fingerprint density at radius 3 is 1.86 bits per heavy atom. The van der Waals surface area contributed by atoms with Gasteiger partial charge in [-0.15, -0.1) is 0 Å². The molecule has 2 aliphatic rings. The first-order valence-electron chi connectivity index (χ1n) is 22.9. The van der Waals surface area contributed by atoms with Gasteiger partial charge in [-0.2, -0.15) is 0 Å². The van der Waals surface area contributed by atoms with Gasteiger partial charge >= 0.3 is 0 Å². The Labute approximate surface area is 384 Å². The highest BCUT2D eigenvalue weighted by atomic mass is 15.1. The van der Waals surface area contributed by atoms with Crippen LogP contribution in [0.25, 0.3) is 55.8 Å². The lowest BCUT2D eigenvalue weighted by molar-refractivity contribution is 0.660. The summed E-state index contributed by atoms with van der Waals surface area (Å²) in [6.45, 7) is 7.05. The number of nitrogens with zero attached hydrogens (tertiary/aromatic N) is 1. The van der Waals surface area contributed by atoms with Crippen molar-refractivity contribution in [2.24, 2.45) is 0 Å². The van der Waals surface area contributed by atoms with E-state index in [0.29, 0.717) is 0 Å². The number of allylic oxidation sites excluding steroid dienone is 5. The maximum absolute atomic E-state index is 2.49. The summed E-state index contributed by atoms with van der Waals surface area (Å²) in [5.74, 6) is 0. The topological polar surface area (TPSA) is 3.24 Å². The smallest absolute Gasteiger partial charge is 0.0543 e. The van der Waals surface area contributed by atoms with Crippen LogP contribution < -0.4 is 4.90 Å². The van der Waals surface area contributed by atoms with Crippen LogP contribution in [-0.2, 0) is 11.8 Å². The summed E-state index contributed by atoms with van der Waals surface area (Å²) in [7, 11) is 0. The van der Waals surface area contributed by atoms with Crippen LogP contribution in [0, 0.1) is 6.92 Å². The third-order valence-corrected chi connectivity index (χ3v) is 13.7. The first kappa shape index (κ1) is 40.1. The van der Waals surface area contributed by atoms with E-state index in [1.165, 1.54) is 99.9 Å². The van der Waals surface area contributed by atoms with Gasteiger partial charge in [-0.05, 0) is 139 Å². The molecule has 0 amide bonds. The van der Waals surface area contributed by atoms with Crippen LogP contribution in [0.1, 0.15) is 53.6 Å². The molecule has 65 heavy (non-hydrogen) atoms. The van der Waals surface area contributed by atoms with Gasteiger partial charge in [0.05, 0.1) is 5.69 Å². The first-order chi connectivity index (χ1) is 31.9. The second kappa shape index (κ2) is 16.8. The Morgan fingerprint density at radius 2 is 1.12 bits per heavy atom. The van der Waals surface area contributed by atoms with E-state index in [9.17, 15) is 0 Å². The van der Waals surface area contributed by atoms with Crippen molar-refractivity contribution in [2.45, 2.75) is 39.0 Å². The summed E-state index contributed by atoms with van der Waals surface area (Å²) in [6, 6.07) is 77.8. The van der Waals surface area contributed by atoms with Crippen LogP contribution in [0.5, 0.6) is 0 Å². The van der Waals surface area contributed by atoms with Crippen molar-refractivity contribution in [3.05, 3.63) is 269 Å². The maximum Gasteiger partial charge on any atom is 0.0543 e. The Balaban J connectivity index is 1.00. The molecule has 11 rings (SSSR count). The molecule has 0 heterocycles. The molecule has 9 aromatic carbocycles. The predicted molar refractivity (Wildman–Crippen MR) is 277 cm³/mol. The van der Waals surface area contributed by atoms with Crippen molar-refractivity contribution >= 4 is 39.5 Å². The minimum atomic E-state index is -0.249. The molecule has 0 saturated carbocycles. The number of hydrogen-bond donors (Lipinski definition) is 0. The van der Waals surface area contributed by atoms with E-state index in [2.05, 4.69) is 256 Å². The third kappa shape index (κ3) is 7.54. The quantitative estimate of drug-likeness (QED) is 0.133. The van der Waals surface area contributed by atoms with Gasteiger partial charge in [-0.3, -0.25) is 0 Å². The molecule has 0 N–H and O–H groups in total. The molecular formula is C64H51N. The lowest BCUT2D eigenvalue weighted by Crippen LogP contribution is -2.17. The lowest BCUT2D eigenvalue weighted by Gasteiger charge is -2.30. The molecule has 312 valence electrons. The number of aryl methyl sites for hydroxylation is 1. The van der Waals surface area contributed by atoms with Gasteiger partial charge in [-0.1, -0.05) is 214 Å². The second-order valence-electron chi connectivity index (χ2n) is 18.2. The molecule has 0 fully saturated rings. The summed E-state index contributed by atoms with van der Waals surface area (Å²) in [4.78, 5) is 2.45. The Morgan fingerprint density at radius 1 is 0.508 bits per heavy atom. The number of benzene rings is 9. The maximum atomic E-state index is 2.49. The zero-order valence-electron chi connectivity index (χ0n) is 37.3. The molecule has 1 nitrogen and oxygen atoms in total. The fraction of sp³-hybridized carbons (Fsp3) is 0.0938. The highest BCUT2D eigenvalue weighted by Crippen LogP contribution is 2.55. The molecule has 0 atom stereocenters. The molecule has 0 radical (unpaired) electrons. The van der Waals surface area contributed by atoms with Gasteiger partial charge in [0, 0.05) is 22.2 Å². The molecular weight excluding hydrogens is 783 g/mol. The SMILES string of the molecule is Cc1ccccc1C1=CC=C(/C(=C\c2ccc3c(c2)C(C)(C)c2cc(N(c4ccccc4)c4cccc(-c5ccccc5)c4)c4ccccc4c2-3)Cc2ccc(-c3ccccc3)cc2)C1. The minimum Gasteiger partial charge on any atom is -0.310 e. The molecule has 2 aliphatic carbocycles. The molecule has 9 aromatic rings. The molecule has 0 aromatic heterocycles. The Bertz CT molecular complexity index is 3310. The van der Waals surface area contributed by atoms with Gasteiger partial charge in [0.25, 0.3) is 0 Å². The van der Waals surface area contributed by atoms with Crippen LogP contribution in [0.2, 0.25) is 0 Å². The number of fused-ring (bicyclic) bond motifs is 5. The molecule has 0 spiro atoms. The van der Waals surface area contributed by atoms with Gasteiger partial charge in [0.1, 0.15) is 0 Å². The largest absolute Gasteiger partial charge is 0.310 e. The van der Waals surface area contributed by atoms with E-state index in [1.807, 2.05) is 0 Å². The lowest BCUT2D eigenvalue weighted by atomic mass is 9.81.